The molecule has 0 spiro atoms. The third-order valence-electron chi connectivity index (χ3n) is 3.98. The fourth-order valence-electron chi connectivity index (χ4n) is 2.53. The molecule has 0 aromatic carbocycles. The minimum Gasteiger partial charge on any atom is -0.378 e. The molecule has 2 aliphatic rings. The van der Waals surface area contributed by atoms with E-state index in [2.05, 4.69) is 32.5 Å². The van der Waals surface area contributed by atoms with Gasteiger partial charge in [-0.25, -0.2) is 5.01 Å². The van der Waals surface area contributed by atoms with Gasteiger partial charge in [-0.05, 0) is 19.2 Å². The summed E-state index contributed by atoms with van der Waals surface area (Å²) < 4.78 is 5.31. The third kappa shape index (κ3) is 3.70. The summed E-state index contributed by atoms with van der Waals surface area (Å²) in [7, 11) is 2.08. The maximum absolute atomic E-state index is 12.2. The second-order valence-corrected chi connectivity index (χ2v) is 5.61. The van der Waals surface area contributed by atoms with Gasteiger partial charge in [-0.15, -0.1) is 10.2 Å². The van der Waals surface area contributed by atoms with E-state index in [0.717, 1.165) is 45.1 Å². The molecule has 2 aliphatic heterocycles. The Balaban J connectivity index is 1.56. The minimum atomic E-state index is -0.203. The predicted octanol–water partition coefficient (Wildman–Crippen LogP) is -0.795. The van der Waals surface area contributed by atoms with Crippen molar-refractivity contribution < 1.29 is 9.53 Å². The zero-order valence-corrected chi connectivity index (χ0v) is 12.9. The van der Waals surface area contributed by atoms with Crippen molar-refractivity contribution in [2.45, 2.75) is 0 Å². The van der Waals surface area contributed by atoms with Gasteiger partial charge in [0.15, 0.2) is 11.5 Å². The molecule has 22 heavy (non-hydrogen) atoms. The van der Waals surface area contributed by atoms with Crippen LogP contribution in [0, 0.1) is 0 Å². The van der Waals surface area contributed by atoms with Crippen molar-refractivity contribution in [3.8, 4) is 0 Å². The summed E-state index contributed by atoms with van der Waals surface area (Å²) >= 11 is 0. The molecule has 1 aromatic rings. The topological polar surface area (TPSA) is 73.8 Å². The Morgan fingerprint density at radius 3 is 2.45 bits per heavy atom. The van der Waals surface area contributed by atoms with E-state index in [1.807, 2.05) is 11.1 Å². The van der Waals surface area contributed by atoms with Gasteiger partial charge in [0.05, 0.1) is 13.2 Å². The number of morpholine rings is 1. The first-order valence-corrected chi connectivity index (χ1v) is 7.63. The smallest absolute Gasteiger partial charge is 0.286 e. The van der Waals surface area contributed by atoms with E-state index in [9.17, 15) is 4.79 Å². The molecule has 1 aromatic heterocycles. The summed E-state index contributed by atoms with van der Waals surface area (Å²) in [6, 6.07) is 3.57. The molecule has 1 N–H and O–H groups in total. The van der Waals surface area contributed by atoms with Crippen LogP contribution in [0.15, 0.2) is 12.1 Å². The standard InChI is InChI=1S/C14H22N6O2/c1-18-4-6-20(7-5-18)17-14(21)12-2-3-13(16-15-12)19-8-10-22-11-9-19/h2-3H,4-11H2,1H3,(H,17,21). The number of amides is 1. The van der Waals surface area contributed by atoms with Crippen molar-refractivity contribution in [3.63, 3.8) is 0 Å². The Kier molecular flexibility index (Phi) is 4.81. The molecule has 1 amide bonds. The van der Waals surface area contributed by atoms with Crippen LogP contribution in [0.2, 0.25) is 0 Å². The second-order valence-electron chi connectivity index (χ2n) is 5.61. The molecule has 120 valence electrons. The van der Waals surface area contributed by atoms with Crippen molar-refractivity contribution in [1.29, 1.82) is 0 Å². The first kappa shape index (κ1) is 15.1. The van der Waals surface area contributed by atoms with Crippen molar-refractivity contribution in [2.75, 3.05) is 64.4 Å². The number of hydrogen-bond acceptors (Lipinski definition) is 7. The van der Waals surface area contributed by atoms with Crippen LogP contribution in [0.25, 0.3) is 0 Å². The van der Waals surface area contributed by atoms with Crippen LogP contribution in [-0.4, -0.2) is 85.5 Å². The zero-order valence-electron chi connectivity index (χ0n) is 12.9. The number of carbonyl (C=O) groups is 1. The van der Waals surface area contributed by atoms with E-state index in [-0.39, 0.29) is 5.91 Å². The number of piperazine rings is 1. The maximum atomic E-state index is 12.2. The molecule has 0 aliphatic carbocycles. The van der Waals surface area contributed by atoms with Crippen LogP contribution in [0.1, 0.15) is 10.5 Å². The zero-order chi connectivity index (χ0) is 15.4. The second kappa shape index (κ2) is 6.99. The Labute approximate surface area is 130 Å². The first-order chi connectivity index (χ1) is 10.7. The number of nitrogens with one attached hydrogen (secondary N) is 1. The SMILES string of the molecule is CN1CCN(NC(=O)c2ccc(N3CCOCC3)nn2)CC1. The quantitative estimate of drug-likeness (QED) is 0.784. The van der Waals surface area contributed by atoms with E-state index in [1.165, 1.54) is 0 Å². The lowest BCUT2D eigenvalue weighted by molar-refractivity contribution is 0.0656. The average Bonchev–Trinajstić information content (AvgIpc) is 2.58. The summed E-state index contributed by atoms with van der Waals surface area (Å²) in [6.45, 7) is 6.55. The highest BCUT2D eigenvalue weighted by Crippen LogP contribution is 2.11. The molecule has 8 nitrogen and oxygen atoms in total. The Hall–Kier alpha value is -1.77. The average molecular weight is 306 g/mol. The lowest BCUT2D eigenvalue weighted by Gasteiger charge is -2.32. The van der Waals surface area contributed by atoms with Gasteiger partial charge in [-0.3, -0.25) is 10.2 Å². The van der Waals surface area contributed by atoms with Crippen molar-refractivity contribution in [1.82, 2.24) is 25.5 Å². The largest absolute Gasteiger partial charge is 0.378 e. The van der Waals surface area contributed by atoms with E-state index in [4.69, 9.17) is 4.74 Å². The van der Waals surface area contributed by atoms with E-state index >= 15 is 0 Å². The summed E-state index contributed by atoms with van der Waals surface area (Å²) in [4.78, 5) is 16.5. The Morgan fingerprint density at radius 1 is 1.09 bits per heavy atom. The van der Waals surface area contributed by atoms with Crippen LogP contribution in [0.4, 0.5) is 5.82 Å². The number of likely N-dealkylation sites (N-methyl/N-ethyl adjacent to an activating group) is 1. The van der Waals surface area contributed by atoms with Crippen LogP contribution < -0.4 is 10.3 Å². The van der Waals surface area contributed by atoms with Crippen LogP contribution in [-0.2, 0) is 4.74 Å². The first-order valence-electron chi connectivity index (χ1n) is 7.63. The van der Waals surface area contributed by atoms with E-state index in [0.29, 0.717) is 18.9 Å². The number of anilines is 1. The number of aromatic nitrogens is 2. The van der Waals surface area contributed by atoms with E-state index < -0.39 is 0 Å². The van der Waals surface area contributed by atoms with Crippen LogP contribution in [0.3, 0.4) is 0 Å². The maximum Gasteiger partial charge on any atom is 0.286 e. The lowest BCUT2D eigenvalue weighted by Crippen LogP contribution is -2.52. The molecule has 3 heterocycles. The van der Waals surface area contributed by atoms with Gasteiger partial charge in [0.2, 0.25) is 0 Å². The summed E-state index contributed by atoms with van der Waals surface area (Å²) in [5.74, 6) is 0.588. The minimum absolute atomic E-state index is 0.203. The molecule has 0 bridgehead atoms. The normalized spacial score (nSPS) is 20.9. The number of hydrazine groups is 1. The number of ether oxygens (including phenoxy) is 1. The molecule has 0 atom stereocenters. The van der Waals surface area contributed by atoms with Gasteiger partial charge in [-0.1, -0.05) is 0 Å². The van der Waals surface area contributed by atoms with Crippen LogP contribution >= 0.6 is 0 Å². The summed E-state index contributed by atoms with van der Waals surface area (Å²) in [5.41, 5.74) is 3.23. The summed E-state index contributed by atoms with van der Waals surface area (Å²) in [5, 5.41) is 10.1. The van der Waals surface area contributed by atoms with Crippen LogP contribution in [0.5, 0.6) is 0 Å². The van der Waals surface area contributed by atoms with Gasteiger partial charge in [0, 0.05) is 39.3 Å². The van der Waals surface area contributed by atoms with Gasteiger partial charge >= 0.3 is 0 Å². The number of hydrogen-bond donors (Lipinski definition) is 1. The number of nitrogens with zero attached hydrogens (tertiary/aromatic N) is 5. The highest BCUT2D eigenvalue weighted by Gasteiger charge is 2.18. The molecular formula is C14H22N6O2. The molecular weight excluding hydrogens is 284 g/mol. The van der Waals surface area contributed by atoms with Gasteiger partial charge < -0.3 is 14.5 Å². The highest BCUT2D eigenvalue weighted by atomic mass is 16.5. The molecule has 8 heteroatoms. The highest BCUT2D eigenvalue weighted by molar-refractivity contribution is 5.91. The van der Waals surface area contributed by atoms with Crippen molar-refractivity contribution in [3.05, 3.63) is 17.8 Å². The van der Waals surface area contributed by atoms with Gasteiger partial charge in [0.1, 0.15) is 0 Å². The van der Waals surface area contributed by atoms with Gasteiger partial charge in [0.25, 0.3) is 5.91 Å². The monoisotopic (exact) mass is 306 g/mol. The molecule has 0 radical (unpaired) electrons. The fourth-order valence-corrected chi connectivity index (χ4v) is 2.53. The third-order valence-corrected chi connectivity index (χ3v) is 3.98. The number of rotatable bonds is 3. The van der Waals surface area contributed by atoms with E-state index in [1.54, 1.807) is 6.07 Å². The van der Waals surface area contributed by atoms with Gasteiger partial charge in [-0.2, -0.15) is 0 Å². The number of carbonyl (C=O) groups excluding carboxylic acids is 1. The molecule has 0 saturated carbocycles. The Morgan fingerprint density at radius 2 is 1.82 bits per heavy atom. The van der Waals surface area contributed by atoms with Crippen molar-refractivity contribution >= 4 is 11.7 Å². The summed E-state index contributed by atoms with van der Waals surface area (Å²) in [6.07, 6.45) is 0. The van der Waals surface area contributed by atoms with Crippen molar-refractivity contribution in [2.24, 2.45) is 0 Å². The lowest BCUT2D eigenvalue weighted by atomic mass is 10.3. The molecule has 2 fully saturated rings. The molecule has 0 unspecified atom stereocenters. The fraction of sp³-hybridized carbons (Fsp3) is 0.643. The molecule has 3 rings (SSSR count). The predicted molar refractivity (Wildman–Crippen MR) is 81.6 cm³/mol. The Bertz CT molecular complexity index is 495. The molecule has 2 saturated heterocycles.